The van der Waals surface area contributed by atoms with Gasteiger partial charge in [0.2, 0.25) is 0 Å². The average Bonchev–Trinajstić information content (AvgIpc) is 3.52. The second-order valence-electron chi connectivity index (χ2n) is 9.12. The second kappa shape index (κ2) is 9.10. The Balaban J connectivity index is 1.35. The van der Waals surface area contributed by atoms with Gasteiger partial charge in [0.15, 0.2) is 0 Å². The number of nitrogens with one attached hydrogen (secondary N) is 1. The van der Waals surface area contributed by atoms with Crippen molar-refractivity contribution in [1.82, 2.24) is 19.3 Å². The van der Waals surface area contributed by atoms with Crippen LogP contribution in [-0.2, 0) is 20.9 Å². The fourth-order valence-electron chi connectivity index (χ4n) is 5.41. The normalized spacial score (nSPS) is 23.9. The summed E-state index contributed by atoms with van der Waals surface area (Å²) in [5.74, 6) is 0.363. The number of aliphatic hydroxyl groups is 1. The summed E-state index contributed by atoms with van der Waals surface area (Å²) in [6.45, 7) is -0.316. The number of aryl methyl sites for hydroxylation is 1. The monoisotopic (exact) mass is 501 g/mol. The smallest absolute Gasteiger partial charge is 0.420 e. The van der Waals surface area contributed by atoms with E-state index in [1.165, 1.54) is 15.8 Å². The summed E-state index contributed by atoms with van der Waals surface area (Å²) in [5.41, 5.74) is 3.42. The Kier molecular flexibility index (Phi) is 6.11. The van der Waals surface area contributed by atoms with Crippen LogP contribution in [0.25, 0.3) is 11.0 Å². The zero-order chi connectivity index (χ0) is 24.7. The molecule has 0 saturated heterocycles. The maximum absolute atomic E-state index is 11.7. The van der Waals surface area contributed by atoms with E-state index >= 15 is 0 Å². The maximum Gasteiger partial charge on any atom is 0.420 e. The fourth-order valence-corrected chi connectivity index (χ4v) is 6.04. The number of rotatable bonds is 7. The van der Waals surface area contributed by atoms with Crippen molar-refractivity contribution in [3.8, 4) is 0 Å². The Morgan fingerprint density at radius 3 is 2.86 bits per heavy atom. The first kappa shape index (κ1) is 23.5. The van der Waals surface area contributed by atoms with Gasteiger partial charge in [-0.25, -0.2) is 14.8 Å². The lowest BCUT2D eigenvalue weighted by molar-refractivity contribution is 0.0997. The molecule has 2 aliphatic rings. The summed E-state index contributed by atoms with van der Waals surface area (Å²) < 4.78 is 31.4. The predicted molar refractivity (Wildman–Crippen MR) is 127 cm³/mol. The van der Waals surface area contributed by atoms with Crippen molar-refractivity contribution in [3.63, 3.8) is 0 Å². The standard InChI is InChI=1S/C23H27N5O6S/c1-27(19-7-6-14-4-2-3-5-17(14)19)21-18-8-9-28(22(18)25-13-24-21)16-10-15(20(29)11-16)12-34-35(32,33)26-23(30)31/h2-5,8-9,13,15-16,19-20,26,29H,6-7,10-12H2,1H3,(H,30,31)/t15-,16+,19-,20+/m0/s1. The SMILES string of the molecule is CN(c1ncnc2c1ccn2[C@@H]1C[C@@H](COS(=O)(=O)NC(=O)O)[C@H](O)C1)[C@H]1CCc2ccccc21. The molecule has 1 saturated carbocycles. The Morgan fingerprint density at radius 2 is 2.06 bits per heavy atom. The molecular formula is C23H27N5O6S. The molecule has 4 atom stereocenters. The number of anilines is 1. The summed E-state index contributed by atoms with van der Waals surface area (Å²) >= 11 is 0. The van der Waals surface area contributed by atoms with Crippen LogP contribution in [0.2, 0.25) is 0 Å². The highest BCUT2D eigenvalue weighted by molar-refractivity contribution is 7.85. The number of carbonyl (C=O) groups is 1. The molecule has 12 heteroatoms. The molecule has 0 bridgehead atoms. The van der Waals surface area contributed by atoms with Gasteiger partial charge in [-0.05, 0) is 42.9 Å². The second-order valence-corrected chi connectivity index (χ2v) is 10.5. The van der Waals surface area contributed by atoms with E-state index in [1.807, 2.05) is 23.9 Å². The molecule has 3 aromatic rings. The molecule has 1 amide bonds. The number of hydrogen-bond acceptors (Lipinski definition) is 8. The third kappa shape index (κ3) is 4.56. The Labute approximate surface area is 202 Å². The lowest BCUT2D eigenvalue weighted by Crippen LogP contribution is -2.32. The van der Waals surface area contributed by atoms with E-state index in [2.05, 4.69) is 39.1 Å². The molecule has 3 N–H and O–H groups in total. The molecule has 2 aliphatic carbocycles. The summed E-state index contributed by atoms with van der Waals surface area (Å²) in [6.07, 6.45) is 3.84. The molecule has 0 unspecified atom stereocenters. The molecule has 1 aromatic carbocycles. The number of aliphatic hydroxyl groups excluding tert-OH is 1. The largest absolute Gasteiger partial charge is 0.464 e. The van der Waals surface area contributed by atoms with Crippen LogP contribution >= 0.6 is 0 Å². The van der Waals surface area contributed by atoms with Crippen LogP contribution in [-0.4, -0.2) is 59.0 Å². The van der Waals surface area contributed by atoms with Gasteiger partial charge in [-0.2, -0.15) is 13.1 Å². The van der Waals surface area contributed by atoms with E-state index in [0.717, 1.165) is 29.7 Å². The zero-order valence-corrected chi connectivity index (χ0v) is 19.9. The van der Waals surface area contributed by atoms with Gasteiger partial charge >= 0.3 is 16.4 Å². The molecule has 5 rings (SSSR count). The minimum Gasteiger partial charge on any atom is -0.464 e. The minimum absolute atomic E-state index is 0.119. The number of hydrogen-bond donors (Lipinski definition) is 3. The van der Waals surface area contributed by atoms with Crippen molar-refractivity contribution in [2.45, 2.75) is 43.9 Å². The Hall–Kier alpha value is -3.22. The highest BCUT2D eigenvalue weighted by Gasteiger charge is 2.36. The summed E-state index contributed by atoms with van der Waals surface area (Å²) in [5, 5.41) is 20.0. The van der Waals surface area contributed by atoms with Crippen LogP contribution in [0.3, 0.4) is 0 Å². The topological polar surface area (TPSA) is 147 Å². The van der Waals surface area contributed by atoms with Crippen LogP contribution in [0.1, 0.15) is 42.5 Å². The first-order valence-corrected chi connectivity index (χ1v) is 12.8. The molecule has 35 heavy (non-hydrogen) atoms. The summed E-state index contributed by atoms with van der Waals surface area (Å²) in [7, 11) is -2.39. The molecule has 0 spiro atoms. The van der Waals surface area contributed by atoms with Gasteiger partial charge in [0, 0.05) is 25.2 Å². The highest BCUT2D eigenvalue weighted by atomic mass is 32.2. The van der Waals surface area contributed by atoms with Gasteiger partial charge in [0.1, 0.15) is 17.8 Å². The summed E-state index contributed by atoms with van der Waals surface area (Å²) in [6, 6.07) is 10.5. The molecule has 0 radical (unpaired) electrons. The number of nitrogens with zero attached hydrogens (tertiary/aromatic N) is 4. The van der Waals surface area contributed by atoms with Crippen LogP contribution in [0.4, 0.5) is 10.6 Å². The van der Waals surface area contributed by atoms with Crippen molar-refractivity contribution in [2.75, 3.05) is 18.6 Å². The van der Waals surface area contributed by atoms with E-state index in [4.69, 9.17) is 9.29 Å². The van der Waals surface area contributed by atoms with E-state index in [9.17, 15) is 18.3 Å². The minimum atomic E-state index is -4.44. The number of amides is 1. The van der Waals surface area contributed by atoms with Gasteiger partial charge in [-0.1, -0.05) is 24.3 Å². The molecule has 2 aromatic heterocycles. The lowest BCUT2D eigenvalue weighted by Gasteiger charge is -2.27. The molecule has 0 aliphatic heterocycles. The molecule has 186 valence electrons. The van der Waals surface area contributed by atoms with Gasteiger partial charge < -0.3 is 19.7 Å². The van der Waals surface area contributed by atoms with Crippen LogP contribution < -0.4 is 9.62 Å². The van der Waals surface area contributed by atoms with Crippen molar-refractivity contribution in [1.29, 1.82) is 0 Å². The Bertz CT molecular complexity index is 1360. The molecule has 11 nitrogen and oxygen atoms in total. The quantitative estimate of drug-likeness (QED) is 0.444. The van der Waals surface area contributed by atoms with Crippen molar-refractivity contribution in [2.24, 2.45) is 5.92 Å². The van der Waals surface area contributed by atoms with E-state index in [0.29, 0.717) is 12.8 Å². The van der Waals surface area contributed by atoms with Crippen molar-refractivity contribution >= 4 is 33.2 Å². The highest BCUT2D eigenvalue weighted by Crippen LogP contribution is 2.41. The van der Waals surface area contributed by atoms with E-state index in [-0.39, 0.29) is 18.7 Å². The molecular weight excluding hydrogens is 474 g/mol. The van der Waals surface area contributed by atoms with Gasteiger partial charge in [0.05, 0.1) is 24.1 Å². The zero-order valence-electron chi connectivity index (χ0n) is 19.1. The first-order chi connectivity index (χ1) is 16.7. The number of carboxylic acid groups (broad SMARTS) is 1. The first-order valence-electron chi connectivity index (χ1n) is 11.4. The van der Waals surface area contributed by atoms with Crippen molar-refractivity contribution < 1.29 is 27.6 Å². The average molecular weight is 502 g/mol. The summed E-state index contributed by atoms with van der Waals surface area (Å²) in [4.78, 5) is 21.9. The fraction of sp³-hybridized carbons (Fsp3) is 0.435. The third-order valence-electron chi connectivity index (χ3n) is 7.07. The van der Waals surface area contributed by atoms with Crippen LogP contribution in [0.15, 0.2) is 42.9 Å². The lowest BCUT2D eigenvalue weighted by atomic mass is 10.1. The third-order valence-corrected chi connectivity index (χ3v) is 7.94. The van der Waals surface area contributed by atoms with E-state index in [1.54, 1.807) is 6.33 Å². The number of aromatic nitrogens is 3. The van der Waals surface area contributed by atoms with Crippen LogP contribution in [0, 0.1) is 5.92 Å². The Morgan fingerprint density at radius 1 is 1.26 bits per heavy atom. The van der Waals surface area contributed by atoms with Crippen LogP contribution in [0.5, 0.6) is 0 Å². The molecule has 2 heterocycles. The van der Waals surface area contributed by atoms with Gasteiger partial charge in [-0.3, -0.25) is 4.18 Å². The van der Waals surface area contributed by atoms with Crippen molar-refractivity contribution in [3.05, 3.63) is 54.0 Å². The van der Waals surface area contributed by atoms with E-state index < -0.39 is 28.4 Å². The van der Waals surface area contributed by atoms with Gasteiger partial charge in [0.25, 0.3) is 0 Å². The maximum atomic E-state index is 11.7. The number of benzene rings is 1. The number of fused-ring (bicyclic) bond motifs is 2. The predicted octanol–water partition coefficient (Wildman–Crippen LogP) is 2.40. The van der Waals surface area contributed by atoms with Gasteiger partial charge in [-0.15, -0.1) is 0 Å². The molecule has 1 fully saturated rings.